The van der Waals surface area contributed by atoms with Crippen molar-refractivity contribution in [1.82, 2.24) is 0 Å². The number of carboxylic acids is 1. The van der Waals surface area contributed by atoms with E-state index in [0.717, 1.165) is 0 Å². The fraction of sp³-hybridized carbons (Fsp3) is 0.545. The molecule has 0 atom stereocenters. The predicted molar refractivity (Wildman–Crippen MR) is 72.6 cm³/mol. The summed E-state index contributed by atoms with van der Waals surface area (Å²) in [5.74, 6) is -2.27. The summed E-state index contributed by atoms with van der Waals surface area (Å²) in [5, 5.41) is 19.0. The van der Waals surface area contributed by atoms with Gasteiger partial charge in [0.2, 0.25) is 5.79 Å². The van der Waals surface area contributed by atoms with Gasteiger partial charge in [-0.25, -0.2) is 0 Å². The molecule has 0 saturated heterocycles. The van der Waals surface area contributed by atoms with Gasteiger partial charge in [0.1, 0.15) is 5.60 Å². The zero-order valence-corrected chi connectivity index (χ0v) is 13.1. The Balaban J connectivity index is 3.16. The number of carboxylic acid groups (broad SMARTS) is 1. The van der Waals surface area contributed by atoms with Crippen LogP contribution in [0.25, 0.3) is 0 Å². The number of rotatable bonds is 5. The molecule has 0 amide bonds. The first-order valence-corrected chi connectivity index (χ1v) is 6.79. The Hall–Kier alpha value is -0.210. The highest BCUT2D eigenvalue weighted by Gasteiger charge is 2.45. The first-order valence-electron chi connectivity index (χ1n) is 5.20. The maximum Gasteiger partial charge on any atom is 0.306 e. The molecule has 5 nitrogen and oxygen atoms in total. The van der Waals surface area contributed by atoms with E-state index in [4.69, 9.17) is 14.6 Å². The lowest BCUT2D eigenvalue weighted by Gasteiger charge is -2.37. The molecule has 0 aromatic rings. The third kappa shape index (κ3) is 3.03. The molecule has 0 heterocycles. The van der Waals surface area contributed by atoms with E-state index in [0.29, 0.717) is 15.6 Å². The summed E-state index contributed by atoms with van der Waals surface area (Å²) in [6, 6.07) is 0. The number of hydrogen-bond acceptors (Lipinski definition) is 4. The summed E-state index contributed by atoms with van der Waals surface area (Å²) in [6.45, 7) is 2.19. The molecule has 0 aromatic carbocycles. The molecule has 0 radical (unpaired) electrons. The number of hydrogen-bond donors (Lipinski definition) is 2. The monoisotopic (exact) mass is 384 g/mol. The fourth-order valence-electron chi connectivity index (χ4n) is 1.72. The van der Waals surface area contributed by atoms with Crippen LogP contribution in [0.2, 0.25) is 0 Å². The van der Waals surface area contributed by atoms with E-state index in [1.807, 2.05) is 0 Å². The summed E-state index contributed by atoms with van der Waals surface area (Å²) < 4.78 is 11.7. The summed E-state index contributed by atoms with van der Waals surface area (Å²) >= 11 is 6.53. The molecule has 0 bridgehead atoms. The second-order valence-corrected chi connectivity index (χ2v) is 5.51. The Bertz CT molecular complexity index is 382. The van der Waals surface area contributed by atoms with Crippen LogP contribution < -0.4 is 0 Å². The SMILES string of the molecule is CCOC1(OC)C(Br)=CC(O)(CC(=O)O)C=C1Br. The van der Waals surface area contributed by atoms with Crippen LogP contribution in [0.3, 0.4) is 0 Å². The predicted octanol–water partition coefficient (Wildman–Crippen LogP) is 2.14. The van der Waals surface area contributed by atoms with Crippen LogP contribution >= 0.6 is 31.9 Å². The Morgan fingerprint density at radius 3 is 2.22 bits per heavy atom. The minimum atomic E-state index is -1.58. The quantitative estimate of drug-likeness (QED) is 0.709. The molecule has 0 unspecified atom stereocenters. The normalized spacial score (nSPS) is 31.8. The van der Waals surface area contributed by atoms with E-state index in [1.54, 1.807) is 6.92 Å². The highest BCUT2D eigenvalue weighted by atomic mass is 79.9. The second-order valence-electron chi connectivity index (χ2n) is 3.80. The van der Waals surface area contributed by atoms with Crippen molar-refractivity contribution in [2.45, 2.75) is 24.7 Å². The van der Waals surface area contributed by atoms with Crippen molar-refractivity contribution >= 4 is 37.8 Å². The number of carbonyl (C=O) groups is 1. The van der Waals surface area contributed by atoms with Crippen molar-refractivity contribution in [2.75, 3.05) is 13.7 Å². The molecule has 7 heteroatoms. The Morgan fingerprint density at radius 2 is 1.89 bits per heavy atom. The Kier molecular flexibility index (Phi) is 5.13. The number of aliphatic carboxylic acids is 1. The molecule has 0 aromatic heterocycles. The fourth-order valence-corrected chi connectivity index (χ4v) is 3.76. The molecular weight excluding hydrogens is 372 g/mol. The van der Waals surface area contributed by atoms with Gasteiger partial charge in [0.15, 0.2) is 0 Å². The van der Waals surface area contributed by atoms with Gasteiger partial charge in [0, 0.05) is 13.7 Å². The van der Waals surface area contributed by atoms with E-state index >= 15 is 0 Å². The molecule has 18 heavy (non-hydrogen) atoms. The van der Waals surface area contributed by atoms with Crippen LogP contribution in [0.5, 0.6) is 0 Å². The van der Waals surface area contributed by atoms with Gasteiger partial charge in [-0.15, -0.1) is 0 Å². The van der Waals surface area contributed by atoms with Crippen molar-refractivity contribution in [3.63, 3.8) is 0 Å². The average molecular weight is 386 g/mol. The van der Waals surface area contributed by atoms with Crippen LogP contribution in [0, 0.1) is 0 Å². The van der Waals surface area contributed by atoms with Crippen molar-refractivity contribution in [3.05, 3.63) is 21.1 Å². The van der Waals surface area contributed by atoms with Crippen molar-refractivity contribution < 1.29 is 24.5 Å². The van der Waals surface area contributed by atoms with Crippen LogP contribution in [0.15, 0.2) is 21.1 Å². The van der Waals surface area contributed by atoms with E-state index < -0.39 is 23.8 Å². The first-order chi connectivity index (χ1) is 8.29. The van der Waals surface area contributed by atoms with E-state index in [1.165, 1.54) is 19.3 Å². The summed E-state index contributed by atoms with van der Waals surface area (Å²) in [6.07, 6.45) is 2.29. The van der Waals surface area contributed by atoms with E-state index in [2.05, 4.69) is 31.9 Å². The third-order valence-corrected chi connectivity index (χ3v) is 3.95. The molecule has 0 fully saturated rings. The van der Waals surface area contributed by atoms with Gasteiger partial charge in [-0.1, -0.05) is 0 Å². The number of methoxy groups -OCH3 is 1. The second kappa shape index (κ2) is 5.83. The largest absolute Gasteiger partial charge is 0.481 e. The molecule has 2 N–H and O–H groups in total. The lowest BCUT2D eigenvalue weighted by Crippen LogP contribution is -2.42. The molecule has 1 rings (SSSR count). The molecule has 0 aliphatic heterocycles. The number of halogens is 2. The lowest BCUT2D eigenvalue weighted by atomic mass is 9.92. The smallest absolute Gasteiger partial charge is 0.306 e. The van der Waals surface area contributed by atoms with Crippen LogP contribution in [0.1, 0.15) is 13.3 Å². The molecule has 1 aliphatic carbocycles. The zero-order valence-electron chi connectivity index (χ0n) is 9.94. The highest BCUT2D eigenvalue weighted by Crippen LogP contribution is 2.44. The minimum absolute atomic E-state index is 0.386. The summed E-state index contributed by atoms with van der Waals surface area (Å²) in [7, 11) is 1.46. The van der Waals surface area contributed by atoms with Gasteiger partial charge >= 0.3 is 5.97 Å². The van der Waals surface area contributed by atoms with Crippen LogP contribution in [-0.4, -0.2) is 41.3 Å². The first kappa shape index (κ1) is 15.8. The van der Waals surface area contributed by atoms with Crippen molar-refractivity contribution in [1.29, 1.82) is 0 Å². The standard InChI is InChI=1S/C11H14Br2O5/c1-3-18-11(17-2)7(12)4-10(16,5-8(11)13)6-9(14)15/h4-5,16H,3,6H2,1-2H3,(H,14,15). The van der Waals surface area contributed by atoms with E-state index in [-0.39, 0.29) is 0 Å². The number of ether oxygens (including phenoxy) is 2. The molecule has 1 aliphatic rings. The third-order valence-electron chi connectivity index (χ3n) is 2.45. The number of aliphatic hydroxyl groups is 1. The van der Waals surface area contributed by atoms with Crippen molar-refractivity contribution in [3.8, 4) is 0 Å². The maximum absolute atomic E-state index is 10.7. The van der Waals surface area contributed by atoms with Crippen LogP contribution in [0.4, 0.5) is 0 Å². The minimum Gasteiger partial charge on any atom is -0.481 e. The summed E-state index contributed by atoms with van der Waals surface area (Å²) in [5.41, 5.74) is -1.58. The molecular formula is C11H14Br2O5. The van der Waals surface area contributed by atoms with Crippen LogP contribution in [-0.2, 0) is 14.3 Å². The van der Waals surface area contributed by atoms with E-state index in [9.17, 15) is 9.90 Å². The topological polar surface area (TPSA) is 76.0 Å². The molecule has 0 spiro atoms. The van der Waals surface area contributed by atoms with Gasteiger partial charge in [0.25, 0.3) is 0 Å². The van der Waals surface area contributed by atoms with Gasteiger partial charge in [-0.05, 0) is 50.9 Å². The van der Waals surface area contributed by atoms with Gasteiger partial charge in [-0.2, -0.15) is 0 Å². The Labute approximate surface area is 122 Å². The van der Waals surface area contributed by atoms with Crippen molar-refractivity contribution in [2.24, 2.45) is 0 Å². The van der Waals surface area contributed by atoms with Gasteiger partial charge < -0.3 is 19.7 Å². The van der Waals surface area contributed by atoms with Gasteiger partial charge in [-0.3, -0.25) is 4.79 Å². The Morgan fingerprint density at radius 1 is 1.39 bits per heavy atom. The zero-order chi connectivity index (χ0) is 14.0. The average Bonchev–Trinajstić information content (AvgIpc) is 2.21. The highest BCUT2D eigenvalue weighted by molar-refractivity contribution is 9.12. The molecule has 0 saturated carbocycles. The maximum atomic E-state index is 10.7. The summed E-state index contributed by atoms with van der Waals surface area (Å²) in [4.78, 5) is 10.7. The van der Waals surface area contributed by atoms with Gasteiger partial charge in [0.05, 0.1) is 15.4 Å². The lowest BCUT2D eigenvalue weighted by molar-refractivity contribution is -0.158. The molecule has 102 valence electrons.